The van der Waals surface area contributed by atoms with Gasteiger partial charge < -0.3 is 65.8 Å². The fraction of sp³-hybridized carbons (Fsp3) is 0.780. The molecule has 0 radical (unpaired) electrons. The van der Waals surface area contributed by atoms with Crippen LogP contribution in [0.15, 0.2) is 12.5 Å². The van der Waals surface area contributed by atoms with Gasteiger partial charge in [-0.15, -0.1) is 0 Å². The quantitative estimate of drug-likeness (QED) is 0.0415. The largest absolute Gasteiger partial charge is 0.481 e. The maximum atomic E-state index is 13.3. The van der Waals surface area contributed by atoms with Crippen LogP contribution in [-0.2, 0) is 73.3 Å². The van der Waals surface area contributed by atoms with Gasteiger partial charge in [0.15, 0.2) is 17.3 Å². The number of aromatic nitrogens is 2. The molecule has 1 heterocycles. The number of ether oxygens (including phenoxy) is 4. The van der Waals surface area contributed by atoms with Gasteiger partial charge in [-0.3, -0.25) is 48.5 Å². The fourth-order valence-corrected chi connectivity index (χ4v) is 8.77. The Labute approximate surface area is 496 Å². The number of carbonyl (C=O) groups excluding carboxylic acids is 8. The lowest BCUT2D eigenvalue weighted by Crippen LogP contribution is -2.55. The van der Waals surface area contributed by atoms with Gasteiger partial charge in [0.25, 0.3) is 0 Å². The monoisotopic (exact) mass is 1190 g/mol. The van der Waals surface area contributed by atoms with Crippen LogP contribution in [0.5, 0.6) is 0 Å². The summed E-state index contributed by atoms with van der Waals surface area (Å²) in [6, 6.07) is -2.91. The van der Waals surface area contributed by atoms with Crippen molar-refractivity contribution in [1.29, 1.82) is 0 Å². The number of H-pyrrole nitrogens is 1. The van der Waals surface area contributed by atoms with E-state index in [9.17, 15) is 58.2 Å². The van der Waals surface area contributed by atoms with E-state index in [0.29, 0.717) is 51.7 Å². The van der Waals surface area contributed by atoms with Crippen molar-refractivity contribution in [2.24, 2.45) is 0 Å². The molecular formula is C59H102N8O17. The molecule has 25 heteroatoms. The molecule has 0 spiro atoms. The Morgan fingerprint density at radius 1 is 0.571 bits per heavy atom. The summed E-state index contributed by atoms with van der Waals surface area (Å²) in [5, 5.41) is 44.7. The molecule has 0 aliphatic heterocycles. The van der Waals surface area contributed by atoms with Gasteiger partial charge in [0.05, 0.1) is 76.2 Å². The number of carbonyl (C=O) groups is 10. The number of aliphatic hydroxyl groups excluding tert-OH is 1. The highest BCUT2D eigenvalue weighted by atomic mass is 16.5. The number of carboxylic acids is 2. The van der Waals surface area contributed by atoms with Crippen molar-refractivity contribution >= 4 is 58.7 Å². The molecule has 0 aromatic carbocycles. The average molecular weight is 1200 g/mol. The van der Waals surface area contributed by atoms with Crippen LogP contribution < -0.4 is 31.9 Å². The number of rotatable bonds is 58. The van der Waals surface area contributed by atoms with Gasteiger partial charge in [-0.05, 0) is 79.1 Å². The molecule has 480 valence electrons. The number of ketones is 4. The minimum atomic E-state index is -1.23. The second-order valence-corrected chi connectivity index (χ2v) is 21.8. The molecule has 1 rings (SSSR count). The van der Waals surface area contributed by atoms with E-state index >= 15 is 0 Å². The lowest BCUT2D eigenvalue weighted by molar-refractivity contribution is -0.142. The van der Waals surface area contributed by atoms with E-state index < -0.39 is 41.7 Å². The molecule has 4 atom stereocenters. The SMILES string of the molecule is CC(=O)C(NCC(=O)[C@H](CCCCNC(=O)COCCOCCCC(=O)COCCOCCNC(=O)CC[C@H](NC(=O)CCCCCCCCCCCCCCCCC(=O)O)C(=O)O)NCC(=O)C(C)(C)NC(=O)CCc1cnc[nH]1)C(C)O. The van der Waals surface area contributed by atoms with Gasteiger partial charge in [0.2, 0.25) is 23.6 Å². The summed E-state index contributed by atoms with van der Waals surface area (Å²) in [6.45, 7) is 6.84. The number of aliphatic hydroxyl groups is 1. The highest BCUT2D eigenvalue weighted by Gasteiger charge is 2.31. The lowest BCUT2D eigenvalue weighted by atomic mass is 9.97. The van der Waals surface area contributed by atoms with Gasteiger partial charge >= 0.3 is 11.9 Å². The number of amides is 4. The van der Waals surface area contributed by atoms with E-state index in [0.717, 1.165) is 50.6 Å². The van der Waals surface area contributed by atoms with Crippen molar-refractivity contribution in [3.63, 3.8) is 0 Å². The first-order valence-electron chi connectivity index (χ1n) is 30.3. The van der Waals surface area contributed by atoms with Crippen LogP contribution in [0.1, 0.15) is 187 Å². The van der Waals surface area contributed by atoms with Gasteiger partial charge in [-0.2, -0.15) is 0 Å². The van der Waals surface area contributed by atoms with Gasteiger partial charge in [0.1, 0.15) is 25.0 Å². The number of nitrogens with zero attached hydrogens (tertiary/aromatic N) is 1. The van der Waals surface area contributed by atoms with Crippen LogP contribution in [-0.4, -0.2) is 193 Å². The molecule has 84 heavy (non-hydrogen) atoms. The van der Waals surface area contributed by atoms with Crippen LogP contribution in [0.25, 0.3) is 0 Å². The predicted molar refractivity (Wildman–Crippen MR) is 313 cm³/mol. The fourth-order valence-electron chi connectivity index (χ4n) is 8.77. The van der Waals surface area contributed by atoms with Crippen molar-refractivity contribution in [1.82, 2.24) is 41.9 Å². The van der Waals surface area contributed by atoms with E-state index in [2.05, 4.69) is 41.9 Å². The normalized spacial score (nSPS) is 12.9. The minimum absolute atomic E-state index is 0.0448. The van der Waals surface area contributed by atoms with Crippen molar-refractivity contribution in [2.75, 3.05) is 79.0 Å². The van der Waals surface area contributed by atoms with E-state index in [1.165, 1.54) is 58.7 Å². The first-order valence-corrected chi connectivity index (χ1v) is 30.3. The summed E-state index contributed by atoms with van der Waals surface area (Å²) < 4.78 is 21.7. The van der Waals surface area contributed by atoms with E-state index in [1.54, 1.807) is 20.0 Å². The Balaban J connectivity index is 2.12. The zero-order valence-corrected chi connectivity index (χ0v) is 50.6. The molecular weight excluding hydrogens is 1090 g/mol. The summed E-state index contributed by atoms with van der Waals surface area (Å²) in [5.74, 6) is -4.43. The molecule has 4 amide bonds. The number of Topliss-reactive ketones (excluding diaryl/α,β-unsaturated/α-hetero) is 4. The predicted octanol–water partition coefficient (Wildman–Crippen LogP) is 3.76. The topological polar surface area (TPSA) is 369 Å². The second-order valence-electron chi connectivity index (χ2n) is 21.8. The second kappa shape index (κ2) is 48.6. The maximum Gasteiger partial charge on any atom is 0.326 e. The summed E-state index contributed by atoms with van der Waals surface area (Å²) in [7, 11) is 0. The van der Waals surface area contributed by atoms with Crippen LogP contribution in [0.4, 0.5) is 0 Å². The molecule has 0 aliphatic carbocycles. The standard InChI is InChI=1S/C59H102N8O17/c1-44(68)57(45(2)69)64-39-50(71)48(63-40-51(72)59(3,4)67-54(75)28-26-46-38-60-43-65-46)23-19-20-30-61-55(76)42-84-37-34-81-32-21-22-47(70)41-83-36-35-82-33-31-62-52(73)29-27-49(58(79)80)66-53(74)24-17-15-13-11-9-7-5-6-8-10-12-14-16-18-25-56(77)78/h38,43-44,48-49,57,63-64,68H,5-37,39-42H2,1-4H3,(H,60,65)(H,61,76)(H,62,73)(H,66,74)(H,67,75)(H,77,78)(H,79,80)/t44?,48-,49-,57?/m0/s1. The molecule has 0 bridgehead atoms. The van der Waals surface area contributed by atoms with E-state index in [-0.39, 0.29) is 151 Å². The summed E-state index contributed by atoms with van der Waals surface area (Å²) in [6.07, 6.45) is 19.9. The third-order valence-electron chi connectivity index (χ3n) is 13.8. The maximum absolute atomic E-state index is 13.3. The van der Waals surface area contributed by atoms with Crippen LogP contribution in [0, 0.1) is 0 Å². The van der Waals surface area contributed by atoms with Crippen LogP contribution in [0.3, 0.4) is 0 Å². The van der Waals surface area contributed by atoms with Gasteiger partial charge in [0, 0.05) is 63.7 Å². The zero-order valence-electron chi connectivity index (χ0n) is 50.6. The number of nitrogens with one attached hydrogen (secondary N) is 7. The van der Waals surface area contributed by atoms with Crippen LogP contribution >= 0.6 is 0 Å². The third-order valence-corrected chi connectivity index (χ3v) is 13.8. The number of unbranched alkanes of at least 4 members (excludes halogenated alkanes) is 14. The van der Waals surface area contributed by atoms with Crippen molar-refractivity contribution in [3.8, 4) is 0 Å². The third kappa shape index (κ3) is 42.3. The van der Waals surface area contributed by atoms with Crippen molar-refractivity contribution in [2.45, 2.75) is 218 Å². The first kappa shape index (κ1) is 76.4. The number of aromatic amines is 1. The van der Waals surface area contributed by atoms with Crippen molar-refractivity contribution in [3.05, 3.63) is 18.2 Å². The van der Waals surface area contributed by atoms with Gasteiger partial charge in [-0.25, -0.2) is 9.78 Å². The number of hydrogen-bond donors (Lipinski definition) is 10. The van der Waals surface area contributed by atoms with Crippen LogP contribution in [0.2, 0.25) is 0 Å². The average Bonchev–Trinajstić information content (AvgIpc) is 4.13. The molecule has 0 saturated heterocycles. The first-order chi connectivity index (χ1) is 40.2. The number of hydrogen-bond acceptors (Lipinski definition) is 18. The van der Waals surface area contributed by atoms with Gasteiger partial charge in [-0.1, -0.05) is 77.0 Å². The van der Waals surface area contributed by atoms with Crippen molar-refractivity contribution < 1.29 is 82.2 Å². The Morgan fingerprint density at radius 3 is 1.74 bits per heavy atom. The molecule has 10 N–H and O–H groups in total. The van der Waals surface area contributed by atoms with E-state index in [1.807, 2.05) is 0 Å². The van der Waals surface area contributed by atoms with E-state index in [4.69, 9.17) is 24.1 Å². The molecule has 0 aliphatic rings. The summed E-state index contributed by atoms with van der Waals surface area (Å²) in [5.41, 5.74) is -0.448. The molecule has 0 fully saturated rings. The Morgan fingerprint density at radius 2 is 1.15 bits per heavy atom. The molecule has 1 aromatic heterocycles. The number of aryl methyl sites for hydroxylation is 1. The summed E-state index contributed by atoms with van der Waals surface area (Å²) in [4.78, 5) is 130. The number of aliphatic carboxylic acids is 2. The molecule has 25 nitrogen and oxygen atoms in total. The Hall–Kier alpha value is -5.57. The Kier molecular flexibility index (Phi) is 44.3. The summed E-state index contributed by atoms with van der Waals surface area (Å²) >= 11 is 0. The lowest BCUT2D eigenvalue weighted by Gasteiger charge is -2.27. The number of imidazole rings is 1. The molecule has 1 aromatic rings. The highest BCUT2D eigenvalue weighted by molar-refractivity contribution is 5.94. The smallest absolute Gasteiger partial charge is 0.326 e. The zero-order chi connectivity index (χ0) is 62.2. The highest BCUT2D eigenvalue weighted by Crippen LogP contribution is 2.15. The number of carboxylic acid groups (broad SMARTS) is 2. The Bertz CT molecular complexity index is 2040. The molecule has 0 saturated carbocycles. The molecule has 2 unspecified atom stereocenters. The minimum Gasteiger partial charge on any atom is -0.481 e.